The van der Waals surface area contributed by atoms with Gasteiger partial charge in [0, 0.05) is 16.7 Å². The van der Waals surface area contributed by atoms with Gasteiger partial charge in [0.1, 0.15) is 0 Å². The fourth-order valence-corrected chi connectivity index (χ4v) is 14.3. The molecule has 272 valence electrons. The Balaban J connectivity index is 0.975. The molecule has 0 aromatic heterocycles. The molecule has 6 aliphatic rings. The van der Waals surface area contributed by atoms with Crippen molar-refractivity contribution in [3.05, 3.63) is 6.92 Å². The van der Waals surface area contributed by atoms with Gasteiger partial charge in [-0.3, -0.25) is 9.59 Å². The average molecular weight is 666 g/mol. The molecular weight excluding hydrogens is 592 g/mol. The van der Waals surface area contributed by atoms with Crippen molar-refractivity contribution < 1.29 is 19.1 Å². The maximum Gasteiger partial charge on any atom is 0.306 e. The Hall–Kier alpha value is -1.19. The highest BCUT2D eigenvalue weighted by Gasteiger charge is 2.59. The summed E-state index contributed by atoms with van der Waals surface area (Å²) in [6.45, 7) is 22.5. The molecule has 0 spiro atoms. The third kappa shape index (κ3) is 6.88. The molecule has 48 heavy (non-hydrogen) atoms. The minimum atomic E-state index is -0.231. The zero-order valence-corrected chi connectivity index (χ0v) is 32.3. The van der Waals surface area contributed by atoms with Crippen molar-refractivity contribution >= 4 is 11.9 Å². The zero-order valence-electron chi connectivity index (χ0n) is 32.3. The molecule has 13 unspecified atom stereocenters. The first-order chi connectivity index (χ1) is 22.7. The Bertz CT molecular complexity index is 1060. The van der Waals surface area contributed by atoms with E-state index in [9.17, 15) is 9.59 Å². The van der Waals surface area contributed by atoms with Crippen molar-refractivity contribution in [3.8, 4) is 0 Å². The lowest BCUT2D eigenvalue weighted by Crippen LogP contribution is -2.55. The van der Waals surface area contributed by atoms with Crippen LogP contribution in [0.4, 0.5) is 0 Å². The fraction of sp³-hybridized carbons (Fsp3) is 0.932. The van der Waals surface area contributed by atoms with E-state index in [2.05, 4.69) is 55.4 Å². The summed E-state index contributed by atoms with van der Waals surface area (Å²) in [7, 11) is 0. The summed E-state index contributed by atoms with van der Waals surface area (Å²) in [6.07, 6.45) is 21.1. The topological polar surface area (TPSA) is 52.6 Å². The molecule has 0 amide bonds. The SMILES string of the molecule is [CH2+]C(C)C1CCC2C(CCC3C(C)(COC(=O)CCC(=O)OCC4(C)CCCC5(C)C6CCC(C(C)C)CC6CCC45)CCCC23C)C1. The van der Waals surface area contributed by atoms with E-state index in [0.717, 1.165) is 54.3 Å². The van der Waals surface area contributed by atoms with Crippen molar-refractivity contribution in [2.75, 3.05) is 13.2 Å². The van der Waals surface area contributed by atoms with Crippen LogP contribution in [0.25, 0.3) is 0 Å². The van der Waals surface area contributed by atoms with Crippen LogP contribution >= 0.6 is 0 Å². The Kier molecular flexibility index (Phi) is 10.7. The minimum Gasteiger partial charge on any atom is -0.465 e. The second-order valence-corrected chi connectivity index (χ2v) is 20.2. The first kappa shape index (κ1) is 36.6. The molecule has 4 nitrogen and oxygen atoms in total. The summed E-state index contributed by atoms with van der Waals surface area (Å²) in [4.78, 5) is 26.1. The maximum absolute atomic E-state index is 13.1. The van der Waals surface area contributed by atoms with Gasteiger partial charge in [0.2, 0.25) is 0 Å². The van der Waals surface area contributed by atoms with Crippen LogP contribution in [0.15, 0.2) is 0 Å². The lowest BCUT2D eigenvalue weighted by molar-refractivity contribution is -0.168. The van der Waals surface area contributed by atoms with Gasteiger partial charge in [0.15, 0.2) is 0 Å². The summed E-state index contributed by atoms with van der Waals surface area (Å²) >= 11 is 0. The zero-order chi connectivity index (χ0) is 34.5. The van der Waals surface area contributed by atoms with Crippen LogP contribution in [0, 0.1) is 87.8 Å². The first-order valence-corrected chi connectivity index (χ1v) is 20.8. The maximum atomic E-state index is 13.1. The van der Waals surface area contributed by atoms with Crippen LogP contribution in [0.3, 0.4) is 0 Å². The molecule has 4 heteroatoms. The van der Waals surface area contributed by atoms with E-state index in [1.807, 2.05) is 0 Å². The van der Waals surface area contributed by atoms with Gasteiger partial charge in [-0.1, -0.05) is 54.4 Å². The molecule has 0 aliphatic heterocycles. The third-order valence-electron chi connectivity index (χ3n) is 17.0. The predicted molar refractivity (Wildman–Crippen MR) is 195 cm³/mol. The summed E-state index contributed by atoms with van der Waals surface area (Å²) < 4.78 is 12.1. The van der Waals surface area contributed by atoms with Crippen LogP contribution in [-0.4, -0.2) is 25.2 Å². The summed E-state index contributed by atoms with van der Waals surface area (Å²) in [5, 5.41) is 0. The number of hydrogen-bond donors (Lipinski definition) is 0. The van der Waals surface area contributed by atoms with Gasteiger partial charge >= 0.3 is 11.9 Å². The van der Waals surface area contributed by atoms with E-state index in [1.54, 1.807) is 0 Å². The molecule has 6 saturated carbocycles. The standard InChI is InChI=1S/C44H73O4/c1-29(2)31-11-15-35-33(25-31)13-17-37-41(5,21-9-23-43(35,37)7)27-47-39(45)19-20-40(46)48-28-42(6)22-10-24-44(8)36-16-12-32(30(3)4)26-34(36)14-18-38(42)44/h29-38H,1,9-28H2,2-8H3/q+1. The van der Waals surface area contributed by atoms with Gasteiger partial charge < -0.3 is 9.47 Å². The summed E-state index contributed by atoms with van der Waals surface area (Å²) in [5.41, 5.74) is 0.776. The summed E-state index contributed by atoms with van der Waals surface area (Å²) in [6, 6.07) is 0. The molecule has 0 heterocycles. The van der Waals surface area contributed by atoms with E-state index in [-0.39, 0.29) is 35.6 Å². The molecule has 0 radical (unpaired) electrons. The van der Waals surface area contributed by atoms with E-state index < -0.39 is 0 Å². The first-order valence-electron chi connectivity index (χ1n) is 20.8. The highest BCUT2D eigenvalue weighted by molar-refractivity contribution is 5.77. The van der Waals surface area contributed by atoms with Crippen molar-refractivity contribution in [1.82, 2.24) is 0 Å². The Morgan fingerprint density at radius 2 is 1.06 bits per heavy atom. The van der Waals surface area contributed by atoms with Crippen molar-refractivity contribution in [2.24, 2.45) is 80.8 Å². The molecule has 0 aromatic rings. The Labute approximate surface area is 295 Å². The van der Waals surface area contributed by atoms with Crippen LogP contribution in [-0.2, 0) is 19.1 Å². The minimum absolute atomic E-state index is 0.0276. The van der Waals surface area contributed by atoms with Crippen LogP contribution in [0.2, 0.25) is 0 Å². The Morgan fingerprint density at radius 1 is 0.625 bits per heavy atom. The molecule has 6 rings (SSSR count). The van der Waals surface area contributed by atoms with Gasteiger partial charge in [-0.2, -0.15) is 0 Å². The highest BCUT2D eigenvalue weighted by atomic mass is 16.5. The summed E-state index contributed by atoms with van der Waals surface area (Å²) in [5.74, 6) is 7.15. The highest BCUT2D eigenvalue weighted by Crippen LogP contribution is 2.66. The third-order valence-corrected chi connectivity index (χ3v) is 17.0. The lowest BCUT2D eigenvalue weighted by atomic mass is 9.44. The lowest BCUT2D eigenvalue weighted by Gasteiger charge is -2.61. The molecule has 0 saturated heterocycles. The van der Waals surface area contributed by atoms with Gasteiger partial charge in [0.05, 0.1) is 38.9 Å². The number of fused-ring (bicyclic) bond motifs is 6. The quantitative estimate of drug-likeness (QED) is 0.182. The molecular formula is C44H73O4+. The molecule has 0 aromatic carbocycles. The van der Waals surface area contributed by atoms with E-state index >= 15 is 0 Å². The number of esters is 2. The van der Waals surface area contributed by atoms with E-state index in [4.69, 9.17) is 9.47 Å². The van der Waals surface area contributed by atoms with Crippen molar-refractivity contribution in [3.63, 3.8) is 0 Å². The molecule has 6 aliphatic carbocycles. The number of ether oxygens (including phenoxy) is 2. The van der Waals surface area contributed by atoms with Gasteiger partial charge in [0.25, 0.3) is 0 Å². The van der Waals surface area contributed by atoms with Crippen LogP contribution in [0.1, 0.15) is 164 Å². The van der Waals surface area contributed by atoms with E-state index in [0.29, 0.717) is 41.8 Å². The molecule has 0 bridgehead atoms. The molecule has 13 atom stereocenters. The fourth-order valence-electron chi connectivity index (χ4n) is 14.3. The molecule has 0 N–H and O–H groups in total. The normalized spacial score (nSPS) is 46.3. The van der Waals surface area contributed by atoms with Gasteiger partial charge in [-0.05, 0) is 155 Å². The number of rotatable bonds is 9. The second kappa shape index (κ2) is 14.1. The van der Waals surface area contributed by atoms with Crippen LogP contribution < -0.4 is 0 Å². The monoisotopic (exact) mass is 666 g/mol. The van der Waals surface area contributed by atoms with E-state index in [1.165, 1.54) is 89.9 Å². The second-order valence-electron chi connectivity index (χ2n) is 20.2. The number of carbonyl (C=O) groups excluding carboxylic acids is 2. The Morgan fingerprint density at radius 3 is 1.50 bits per heavy atom. The molecule has 6 fully saturated rings. The van der Waals surface area contributed by atoms with Gasteiger partial charge in [-0.25, -0.2) is 0 Å². The van der Waals surface area contributed by atoms with Crippen molar-refractivity contribution in [1.29, 1.82) is 0 Å². The average Bonchev–Trinajstić information content (AvgIpc) is 3.05. The number of carbonyl (C=O) groups is 2. The number of hydrogen-bond acceptors (Lipinski definition) is 4. The predicted octanol–water partition coefficient (Wildman–Crippen LogP) is 11.3. The smallest absolute Gasteiger partial charge is 0.306 e. The largest absolute Gasteiger partial charge is 0.465 e. The van der Waals surface area contributed by atoms with Crippen molar-refractivity contribution in [2.45, 2.75) is 164 Å². The van der Waals surface area contributed by atoms with Gasteiger partial charge in [-0.15, -0.1) is 0 Å². The van der Waals surface area contributed by atoms with Crippen LogP contribution in [0.5, 0.6) is 0 Å².